The third kappa shape index (κ3) is 7.94. The maximum Gasteiger partial charge on any atom is 0.227 e. The number of amides is 1. The molecule has 5 nitrogen and oxygen atoms in total. The summed E-state index contributed by atoms with van der Waals surface area (Å²) in [5.41, 5.74) is 0.988. The number of carbonyl (C=O) groups is 1. The number of nitrogens with zero attached hydrogens (tertiary/aromatic N) is 1. The molecule has 2 rings (SSSR count). The zero-order chi connectivity index (χ0) is 17.9. The van der Waals surface area contributed by atoms with Crippen LogP contribution in [0.15, 0.2) is 41.8 Å². The van der Waals surface area contributed by atoms with E-state index in [0.29, 0.717) is 12.5 Å². The van der Waals surface area contributed by atoms with Crippen LogP contribution in [0.1, 0.15) is 32.3 Å². The Kier molecular flexibility index (Phi) is 12.0. The van der Waals surface area contributed by atoms with E-state index >= 15 is 0 Å². The van der Waals surface area contributed by atoms with Gasteiger partial charge in [0.05, 0.1) is 6.42 Å². The van der Waals surface area contributed by atoms with E-state index in [1.165, 1.54) is 0 Å². The maximum atomic E-state index is 12.5. The van der Waals surface area contributed by atoms with E-state index in [4.69, 9.17) is 0 Å². The highest BCUT2D eigenvalue weighted by Crippen LogP contribution is 2.15. The highest BCUT2D eigenvalue weighted by Gasteiger charge is 2.23. The number of hydrogen-bond donors (Lipinski definition) is 1. The van der Waals surface area contributed by atoms with E-state index in [1.54, 1.807) is 12.3 Å². The van der Waals surface area contributed by atoms with Crippen molar-refractivity contribution in [2.24, 2.45) is 0 Å². The van der Waals surface area contributed by atoms with Gasteiger partial charge in [0.15, 0.2) is 0 Å². The lowest BCUT2D eigenvalue weighted by molar-refractivity contribution is -0.133. The first kappa shape index (κ1) is 23.5. The SMILES string of the molecule is C=CC.CCN(C(=O)Cc1ccc(S(C)=O)cc1)C1CCNCC1.O. The topological polar surface area (TPSA) is 80.9 Å². The molecule has 1 atom stereocenters. The Bertz CT molecular complexity index is 540. The van der Waals surface area contributed by atoms with Crippen LogP contribution in [0.4, 0.5) is 0 Å². The highest BCUT2D eigenvalue weighted by molar-refractivity contribution is 7.84. The summed E-state index contributed by atoms with van der Waals surface area (Å²) in [7, 11) is -0.966. The lowest BCUT2D eigenvalue weighted by Crippen LogP contribution is -2.46. The van der Waals surface area contributed by atoms with Gasteiger partial charge in [0.25, 0.3) is 0 Å². The van der Waals surface area contributed by atoms with Crippen LogP contribution in [0.3, 0.4) is 0 Å². The summed E-state index contributed by atoms with van der Waals surface area (Å²) in [6, 6.07) is 7.88. The van der Waals surface area contributed by atoms with Crippen molar-refractivity contribution in [3.63, 3.8) is 0 Å². The van der Waals surface area contributed by atoms with Gasteiger partial charge in [0.2, 0.25) is 5.91 Å². The number of carbonyl (C=O) groups excluding carboxylic acids is 1. The van der Waals surface area contributed by atoms with Gasteiger partial charge in [0.1, 0.15) is 0 Å². The molecular formula is C19H32N2O3S. The number of hydrogen-bond acceptors (Lipinski definition) is 3. The smallest absolute Gasteiger partial charge is 0.227 e. The van der Waals surface area contributed by atoms with Crippen LogP contribution < -0.4 is 5.32 Å². The van der Waals surface area contributed by atoms with E-state index in [1.807, 2.05) is 43.0 Å². The first-order valence-electron chi connectivity index (χ1n) is 8.53. The minimum Gasteiger partial charge on any atom is -0.412 e. The first-order valence-corrected chi connectivity index (χ1v) is 10.1. The van der Waals surface area contributed by atoms with Gasteiger partial charge in [-0.2, -0.15) is 0 Å². The van der Waals surface area contributed by atoms with Crippen molar-refractivity contribution in [1.29, 1.82) is 0 Å². The summed E-state index contributed by atoms with van der Waals surface area (Å²) in [4.78, 5) is 15.3. The molecule has 142 valence electrons. The van der Waals surface area contributed by atoms with Crippen molar-refractivity contribution in [2.75, 3.05) is 25.9 Å². The van der Waals surface area contributed by atoms with E-state index in [0.717, 1.165) is 42.9 Å². The van der Waals surface area contributed by atoms with Crippen molar-refractivity contribution >= 4 is 16.7 Å². The average molecular weight is 369 g/mol. The Morgan fingerprint density at radius 1 is 1.32 bits per heavy atom. The number of likely N-dealkylation sites (N-methyl/N-ethyl adjacent to an activating group) is 1. The molecule has 1 unspecified atom stereocenters. The maximum absolute atomic E-state index is 12.5. The number of piperidine rings is 1. The zero-order valence-corrected chi connectivity index (χ0v) is 16.4. The molecular weight excluding hydrogens is 336 g/mol. The molecule has 0 saturated carbocycles. The quantitative estimate of drug-likeness (QED) is 0.807. The highest BCUT2D eigenvalue weighted by atomic mass is 32.2. The predicted octanol–water partition coefficient (Wildman–Crippen LogP) is 1.93. The van der Waals surface area contributed by atoms with E-state index in [2.05, 4.69) is 11.9 Å². The second-order valence-corrected chi connectivity index (χ2v) is 7.22. The fourth-order valence-electron chi connectivity index (χ4n) is 2.83. The molecule has 6 heteroatoms. The Morgan fingerprint density at radius 2 is 1.84 bits per heavy atom. The molecule has 1 saturated heterocycles. The van der Waals surface area contributed by atoms with Gasteiger partial charge in [-0.05, 0) is 57.5 Å². The van der Waals surface area contributed by atoms with Crippen molar-refractivity contribution in [2.45, 2.75) is 44.0 Å². The minimum absolute atomic E-state index is 0. The molecule has 1 amide bonds. The molecule has 1 aromatic carbocycles. The zero-order valence-electron chi connectivity index (χ0n) is 15.6. The van der Waals surface area contributed by atoms with E-state index in [-0.39, 0.29) is 11.4 Å². The van der Waals surface area contributed by atoms with Crippen molar-refractivity contribution in [3.05, 3.63) is 42.5 Å². The van der Waals surface area contributed by atoms with Gasteiger partial charge in [-0.3, -0.25) is 9.00 Å². The number of nitrogens with one attached hydrogen (secondary N) is 1. The van der Waals surface area contributed by atoms with Crippen LogP contribution in [0.2, 0.25) is 0 Å². The van der Waals surface area contributed by atoms with Gasteiger partial charge in [-0.1, -0.05) is 18.2 Å². The Hall–Kier alpha value is -1.50. The summed E-state index contributed by atoms with van der Waals surface area (Å²) in [6.07, 6.45) is 5.91. The fraction of sp³-hybridized carbons (Fsp3) is 0.526. The van der Waals surface area contributed by atoms with Crippen molar-refractivity contribution in [3.8, 4) is 0 Å². The predicted molar refractivity (Wildman–Crippen MR) is 105 cm³/mol. The lowest BCUT2D eigenvalue weighted by atomic mass is 10.0. The van der Waals surface area contributed by atoms with Gasteiger partial charge >= 0.3 is 0 Å². The van der Waals surface area contributed by atoms with Crippen molar-refractivity contribution in [1.82, 2.24) is 10.2 Å². The summed E-state index contributed by atoms with van der Waals surface area (Å²) in [5, 5.41) is 3.33. The minimum atomic E-state index is -0.966. The molecule has 0 aromatic heterocycles. The summed E-state index contributed by atoms with van der Waals surface area (Å²) < 4.78 is 11.4. The standard InChI is InChI=1S/C16H24N2O2S.C3H6.H2O/c1-3-18(14-8-10-17-11-9-14)16(19)12-13-4-6-15(7-5-13)21(2)20;1-3-2;/h4-7,14,17H,3,8-12H2,1-2H3;3H,1H2,2H3;1H2. The van der Waals surface area contributed by atoms with E-state index < -0.39 is 10.8 Å². The van der Waals surface area contributed by atoms with Gasteiger partial charge < -0.3 is 15.7 Å². The van der Waals surface area contributed by atoms with Crippen LogP contribution in [0.25, 0.3) is 0 Å². The Balaban J connectivity index is 0.00000134. The van der Waals surface area contributed by atoms with Crippen LogP contribution in [0.5, 0.6) is 0 Å². The second kappa shape index (κ2) is 12.8. The lowest BCUT2D eigenvalue weighted by Gasteiger charge is -2.34. The second-order valence-electron chi connectivity index (χ2n) is 5.84. The number of allylic oxidation sites excluding steroid dienone is 1. The fourth-order valence-corrected chi connectivity index (χ4v) is 3.35. The molecule has 25 heavy (non-hydrogen) atoms. The molecule has 0 bridgehead atoms. The Labute approximate surface area is 154 Å². The normalized spacial score (nSPS) is 15.2. The summed E-state index contributed by atoms with van der Waals surface area (Å²) >= 11 is 0. The first-order chi connectivity index (χ1) is 11.5. The molecule has 3 N–H and O–H groups in total. The molecule has 1 heterocycles. The van der Waals surface area contributed by atoms with Crippen LogP contribution in [0, 0.1) is 0 Å². The molecule has 0 spiro atoms. The molecule has 1 aliphatic rings. The van der Waals surface area contributed by atoms with Crippen LogP contribution in [-0.2, 0) is 22.0 Å². The van der Waals surface area contributed by atoms with E-state index in [9.17, 15) is 9.00 Å². The summed E-state index contributed by atoms with van der Waals surface area (Å²) in [5.74, 6) is 0.190. The number of rotatable bonds is 5. The van der Waals surface area contributed by atoms with Gasteiger partial charge in [-0.25, -0.2) is 0 Å². The van der Waals surface area contributed by atoms with Crippen LogP contribution in [-0.4, -0.2) is 52.4 Å². The number of benzene rings is 1. The monoisotopic (exact) mass is 368 g/mol. The summed E-state index contributed by atoms with van der Waals surface area (Å²) in [6.45, 7) is 10.0. The molecule has 1 fully saturated rings. The van der Waals surface area contributed by atoms with Gasteiger partial charge in [0, 0.05) is 34.5 Å². The third-order valence-corrected chi connectivity index (χ3v) is 4.96. The largest absolute Gasteiger partial charge is 0.412 e. The molecule has 1 aliphatic heterocycles. The third-order valence-electron chi connectivity index (χ3n) is 4.02. The average Bonchev–Trinajstić information content (AvgIpc) is 2.57. The molecule has 0 aliphatic carbocycles. The Morgan fingerprint density at radius 3 is 2.28 bits per heavy atom. The van der Waals surface area contributed by atoms with Crippen molar-refractivity contribution < 1.29 is 14.5 Å². The van der Waals surface area contributed by atoms with Gasteiger partial charge in [-0.15, -0.1) is 6.58 Å². The van der Waals surface area contributed by atoms with Crippen LogP contribution >= 0.6 is 0 Å². The molecule has 0 radical (unpaired) electrons. The molecule has 1 aromatic rings.